The van der Waals surface area contributed by atoms with Gasteiger partial charge in [0.2, 0.25) is 5.91 Å². The zero-order valence-electron chi connectivity index (χ0n) is 15.7. The minimum absolute atomic E-state index is 0.0373. The van der Waals surface area contributed by atoms with Crippen LogP contribution in [0.3, 0.4) is 0 Å². The van der Waals surface area contributed by atoms with Crippen LogP contribution in [0.15, 0.2) is 24.3 Å². The fourth-order valence-electron chi connectivity index (χ4n) is 2.83. The van der Waals surface area contributed by atoms with E-state index in [4.69, 9.17) is 9.47 Å². The molecule has 0 spiro atoms. The van der Waals surface area contributed by atoms with Gasteiger partial charge in [0.1, 0.15) is 5.75 Å². The molecular weight excluding hydrogens is 463 g/mol. The van der Waals surface area contributed by atoms with Crippen molar-refractivity contribution in [3.05, 3.63) is 27.8 Å². The van der Waals surface area contributed by atoms with Gasteiger partial charge in [-0.2, -0.15) is 0 Å². The van der Waals surface area contributed by atoms with Gasteiger partial charge in [-0.1, -0.05) is 0 Å². The van der Waals surface area contributed by atoms with Gasteiger partial charge in [0.25, 0.3) is 5.91 Å². The number of amides is 2. The monoisotopic (exact) mass is 488 g/mol. The first-order valence-corrected chi connectivity index (χ1v) is 10.0. The Morgan fingerprint density at radius 3 is 2.63 bits per heavy atom. The first-order valence-electron chi connectivity index (χ1n) is 8.97. The molecule has 0 bridgehead atoms. The average molecular weight is 488 g/mol. The second kappa shape index (κ2) is 10.5. The molecule has 1 unspecified atom stereocenters. The summed E-state index contributed by atoms with van der Waals surface area (Å²) in [7, 11) is 1.57. The molecule has 1 aromatic rings. The number of carbonyl (C=O) groups is 3. The van der Waals surface area contributed by atoms with Gasteiger partial charge in [-0.25, -0.2) is 0 Å². The summed E-state index contributed by atoms with van der Waals surface area (Å²) in [5.41, 5.74) is 0. The third-order valence-electron chi connectivity index (χ3n) is 4.37. The molecule has 1 fully saturated rings. The smallest absolute Gasteiger partial charge is 0.310 e. The van der Waals surface area contributed by atoms with E-state index in [0.717, 1.165) is 16.4 Å². The van der Waals surface area contributed by atoms with E-state index >= 15 is 0 Å². The molecule has 1 atom stereocenters. The van der Waals surface area contributed by atoms with Crippen LogP contribution in [0.25, 0.3) is 0 Å². The Morgan fingerprint density at radius 1 is 1.26 bits per heavy atom. The summed E-state index contributed by atoms with van der Waals surface area (Å²) in [4.78, 5) is 39.6. The molecule has 1 aliphatic rings. The minimum atomic E-state index is -0.284. The number of ether oxygens (including phenoxy) is 2. The Balaban J connectivity index is 1.80. The van der Waals surface area contributed by atoms with Crippen LogP contribution in [-0.4, -0.2) is 67.5 Å². The molecule has 1 aromatic carbocycles. The molecular formula is C19H25IN2O5. The topological polar surface area (TPSA) is 76.2 Å². The number of likely N-dealkylation sites (tertiary alicyclic amines) is 1. The van der Waals surface area contributed by atoms with E-state index in [-0.39, 0.29) is 36.9 Å². The van der Waals surface area contributed by atoms with Gasteiger partial charge in [0.15, 0.2) is 6.61 Å². The Bertz CT molecular complexity index is 665. The van der Waals surface area contributed by atoms with Crippen molar-refractivity contribution in [2.24, 2.45) is 5.92 Å². The standard InChI is InChI=1S/C19H25IN2O5/c1-3-26-19(25)14-5-4-10-22(11-14)17(23)12-21(2)18(24)13-27-16-8-6-15(20)7-9-16/h6-9,14H,3-5,10-13H2,1-2H3. The molecule has 2 rings (SSSR count). The lowest BCUT2D eigenvalue weighted by Gasteiger charge is -2.32. The highest BCUT2D eigenvalue weighted by Crippen LogP contribution is 2.18. The lowest BCUT2D eigenvalue weighted by Crippen LogP contribution is -2.47. The van der Waals surface area contributed by atoms with E-state index in [1.807, 2.05) is 12.1 Å². The summed E-state index contributed by atoms with van der Waals surface area (Å²) in [6.07, 6.45) is 1.48. The van der Waals surface area contributed by atoms with E-state index in [9.17, 15) is 14.4 Å². The van der Waals surface area contributed by atoms with Gasteiger partial charge in [0.05, 0.1) is 19.1 Å². The van der Waals surface area contributed by atoms with Crippen molar-refractivity contribution >= 4 is 40.4 Å². The number of rotatable bonds is 7. The van der Waals surface area contributed by atoms with Crippen LogP contribution in [0.4, 0.5) is 0 Å². The predicted molar refractivity (Wildman–Crippen MR) is 108 cm³/mol. The fraction of sp³-hybridized carbons (Fsp3) is 0.526. The quantitative estimate of drug-likeness (QED) is 0.433. The Kier molecular flexibility index (Phi) is 8.33. The SMILES string of the molecule is CCOC(=O)C1CCCN(C(=O)CN(C)C(=O)COc2ccc(I)cc2)C1. The number of nitrogens with zero attached hydrogens (tertiary/aromatic N) is 2. The number of hydrogen-bond donors (Lipinski definition) is 0. The molecule has 1 saturated heterocycles. The van der Waals surface area contributed by atoms with E-state index in [0.29, 0.717) is 25.4 Å². The second-order valence-electron chi connectivity index (χ2n) is 6.42. The lowest BCUT2D eigenvalue weighted by atomic mass is 9.98. The molecule has 0 aliphatic carbocycles. The van der Waals surface area contributed by atoms with Crippen molar-refractivity contribution < 1.29 is 23.9 Å². The Hall–Kier alpha value is -1.84. The van der Waals surface area contributed by atoms with Crippen LogP contribution in [0.2, 0.25) is 0 Å². The maximum Gasteiger partial charge on any atom is 0.310 e. The van der Waals surface area contributed by atoms with Gasteiger partial charge in [-0.3, -0.25) is 14.4 Å². The zero-order valence-corrected chi connectivity index (χ0v) is 17.8. The van der Waals surface area contributed by atoms with E-state index in [1.54, 1.807) is 31.0 Å². The Labute approximate surface area is 173 Å². The van der Waals surface area contributed by atoms with Crippen LogP contribution < -0.4 is 4.74 Å². The van der Waals surface area contributed by atoms with Crippen LogP contribution in [0.1, 0.15) is 19.8 Å². The molecule has 7 nitrogen and oxygen atoms in total. The molecule has 1 heterocycles. The van der Waals surface area contributed by atoms with Crippen molar-refractivity contribution in [1.82, 2.24) is 9.80 Å². The first kappa shape index (κ1) is 21.5. The van der Waals surface area contributed by atoms with Crippen LogP contribution in [0, 0.1) is 9.49 Å². The number of hydrogen-bond acceptors (Lipinski definition) is 5. The highest BCUT2D eigenvalue weighted by molar-refractivity contribution is 14.1. The number of halogens is 1. The highest BCUT2D eigenvalue weighted by atomic mass is 127. The van der Waals surface area contributed by atoms with E-state index in [2.05, 4.69) is 22.6 Å². The molecule has 0 aromatic heterocycles. The molecule has 0 N–H and O–H groups in total. The normalized spacial score (nSPS) is 16.6. The fourth-order valence-corrected chi connectivity index (χ4v) is 3.19. The third-order valence-corrected chi connectivity index (χ3v) is 5.09. The van der Waals surface area contributed by atoms with Crippen LogP contribution >= 0.6 is 22.6 Å². The van der Waals surface area contributed by atoms with Crippen molar-refractivity contribution in [3.8, 4) is 5.75 Å². The highest BCUT2D eigenvalue weighted by Gasteiger charge is 2.30. The van der Waals surface area contributed by atoms with Crippen molar-refractivity contribution in [3.63, 3.8) is 0 Å². The summed E-state index contributed by atoms with van der Waals surface area (Å²) in [5.74, 6) is -0.384. The first-order chi connectivity index (χ1) is 12.9. The molecule has 1 aliphatic heterocycles. The predicted octanol–water partition coefficient (Wildman–Crippen LogP) is 1.93. The molecule has 2 amide bonds. The number of likely N-dealkylation sites (N-methyl/N-ethyl adjacent to an activating group) is 1. The number of carbonyl (C=O) groups excluding carboxylic acids is 3. The molecule has 27 heavy (non-hydrogen) atoms. The summed E-state index contributed by atoms with van der Waals surface area (Å²) in [5, 5.41) is 0. The molecule has 148 valence electrons. The summed E-state index contributed by atoms with van der Waals surface area (Å²) in [6, 6.07) is 7.38. The van der Waals surface area contributed by atoms with Gasteiger partial charge in [-0.15, -0.1) is 0 Å². The molecule has 8 heteroatoms. The van der Waals surface area contributed by atoms with Crippen molar-refractivity contribution in [2.45, 2.75) is 19.8 Å². The molecule has 0 saturated carbocycles. The van der Waals surface area contributed by atoms with Gasteiger partial charge in [0, 0.05) is 23.7 Å². The summed E-state index contributed by atoms with van der Waals surface area (Å²) < 4.78 is 11.6. The second-order valence-corrected chi connectivity index (χ2v) is 7.67. The van der Waals surface area contributed by atoms with Crippen LogP contribution in [0.5, 0.6) is 5.75 Å². The van der Waals surface area contributed by atoms with Gasteiger partial charge >= 0.3 is 5.97 Å². The maximum atomic E-state index is 12.5. The van der Waals surface area contributed by atoms with Gasteiger partial charge < -0.3 is 19.3 Å². The number of benzene rings is 1. The largest absolute Gasteiger partial charge is 0.484 e. The van der Waals surface area contributed by atoms with Crippen molar-refractivity contribution in [1.29, 1.82) is 0 Å². The van der Waals surface area contributed by atoms with Crippen LogP contribution in [-0.2, 0) is 19.1 Å². The Morgan fingerprint density at radius 2 is 1.96 bits per heavy atom. The average Bonchev–Trinajstić information content (AvgIpc) is 2.67. The lowest BCUT2D eigenvalue weighted by molar-refractivity contribution is -0.152. The summed E-state index contributed by atoms with van der Waals surface area (Å²) >= 11 is 2.19. The number of esters is 1. The maximum absolute atomic E-state index is 12.5. The number of piperidine rings is 1. The third kappa shape index (κ3) is 6.67. The molecule has 0 radical (unpaired) electrons. The van der Waals surface area contributed by atoms with Gasteiger partial charge in [-0.05, 0) is 66.6 Å². The van der Waals surface area contributed by atoms with E-state index in [1.165, 1.54) is 4.90 Å². The van der Waals surface area contributed by atoms with Crippen molar-refractivity contribution in [2.75, 3.05) is 39.9 Å². The summed E-state index contributed by atoms with van der Waals surface area (Å²) in [6.45, 7) is 2.87. The zero-order chi connectivity index (χ0) is 19.8. The van der Waals surface area contributed by atoms with E-state index < -0.39 is 0 Å². The minimum Gasteiger partial charge on any atom is -0.484 e.